The van der Waals surface area contributed by atoms with Crippen LogP contribution in [0.5, 0.6) is 0 Å². The first kappa shape index (κ1) is 11.1. The second-order valence-corrected chi connectivity index (χ2v) is 4.53. The second-order valence-electron chi connectivity index (χ2n) is 4.53. The van der Waals surface area contributed by atoms with E-state index in [1.165, 1.54) is 12.1 Å². The molecule has 0 spiro atoms. The molecule has 1 saturated carbocycles. The minimum absolute atomic E-state index is 0.196. The molecule has 1 aliphatic carbocycles. The van der Waals surface area contributed by atoms with Crippen LogP contribution in [0.15, 0.2) is 18.2 Å². The Balaban J connectivity index is 2.05. The van der Waals surface area contributed by atoms with Crippen molar-refractivity contribution in [3.63, 3.8) is 0 Å². The fourth-order valence-electron chi connectivity index (χ4n) is 1.52. The van der Waals surface area contributed by atoms with E-state index in [0.29, 0.717) is 6.54 Å². The summed E-state index contributed by atoms with van der Waals surface area (Å²) in [6.07, 6.45) is 2.28. The molecule has 16 heavy (non-hydrogen) atoms. The third kappa shape index (κ3) is 2.39. The number of rotatable bonds is 4. The predicted octanol–water partition coefficient (Wildman–Crippen LogP) is 2.17. The molecule has 0 atom stereocenters. The number of hydrogen-bond acceptors (Lipinski definition) is 2. The molecule has 0 bridgehead atoms. The zero-order valence-corrected chi connectivity index (χ0v) is 9.09. The average Bonchev–Trinajstić information content (AvgIpc) is 2.94. The lowest BCUT2D eigenvalue weighted by Crippen LogP contribution is -2.27. The van der Waals surface area contributed by atoms with Crippen LogP contribution >= 0.6 is 0 Å². The van der Waals surface area contributed by atoms with E-state index in [0.717, 1.165) is 18.4 Å². The molecule has 0 unspecified atom stereocenters. The summed E-state index contributed by atoms with van der Waals surface area (Å²) < 4.78 is 13.3. The van der Waals surface area contributed by atoms with Crippen LogP contribution < -0.4 is 5.32 Å². The summed E-state index contributed by atoms with van der Waals surface area (Å²) in [6.45, 7) is 2.70. The lowest BCUT2D eigenvalue weighted by Gasteiger charge is -2.11. The highest BCUT2D eigenvalue weighted by molar-refractivity contribution is 5.87. The van der Waals surface area contributed by atoms with Crippen molar-refractivity contribution in [3.05, 3.63) is 35.1 Å². The van der Waals surface area contributed by atoms with E-state index in [4.69, 9.17) is 5.11 Å². The Hall–Kier alpha value is -1.42. The van der Waals surface area contributed by atoms with Crippen molar-refractivity contribution in [1.82, 2.24) is 5.32 Å². The molecule has 4 heteroatoms. The van der Waals surface area contributed by atoms with Gasteiger partial charge >= 0.3 is 5.97 Å². The summed E-state index contributed by atoms with van der Waals surface area (Å²) in [5.41, 5.74) is 0.694. The number of aromatic carboxylic acids is 1. The molecule has 3 nitrogen and oxygen atoms in total. The monoisotopic (exact) mass is 223 g/mol. The van der Waals surface area contributed by atoms with Crippen LogP contribution in [0.1, 0.15) is 35.7 Å². The highest BCUT2D eigenvalue weighted by atomic mass is 19.1. The van der Waals surface area contributed by atoms with Crippen LogP contribution in [0.25, 0.3) is 0 Å². The first-order valence-corrected chi connectivity index (χ1v) is 5.27. The van der Waals surface area contributed by atoms with Crippen LogP contribution in [0.2, 0.25) is 0 Å². The number of carbonyl (C=O) groups is 1. The van der Waals surface area contributed by atoms with E-state index in [9.17, 15) is 9.18 Å². The van der Waals surface area contributed by atoms with E-state index < -0.39 is 11.8 Å². The number of halogens is 1. The summed E-state index contributed by atoms with van der Waals surface area (Å²) >= 11 is 0. The van der Waals surface area contributed by atoms with Crippen molar-refractivity contribution >= 4 is 5.97 Å². The maximum Gasteiger partial charge on any atom is 0.338 e. The summed E-state index contributed by atoms with van der Waals surface area (Å²) in [4.78, 5) is 10.6. The fraction of sp³-hybridized carbons (Fsp3) is 0.417. The third-order valence-corrected chi connectivity index (χ3v) is 2.98. The lowest BCUT2D eigenvalue weighted by molar-refractivity contribution is 0.0692. The highest BCUT2D eigenvalue weighted by Crippen LogP contribution is 2.34. The van der Waals surface area contributed by atoms with E-state index in [2.05, 4.69) is 12.2 Å². The van der Waals surface area contributed by atoms with Gasteiger partial charge in [-0.25, -0.2) is 9.18 Å². The maximum absolute atomic E-state index is 13.3. The summed E-state index contributed by atoms with van der Waals surface area (Å²) in [5, 5.41) is 12.0. The van der Waals surface area contributed by atoms with Crippen molar-refractivity contribution in [2.24, 2.45) is 0 Å². The van der Waals surface area contributed by atoms with Gasteiger partial charge < -0.3 is 10.4 Å². The van der Waals surface area contributed by atoms with Crippen molar-refractivity contribution < 1.29 is 14.3 Å². The van der Waals surface area contributed by atoms with E-state index in [1.807, 2.05) is 0 Å². The molecule has 0 aromatic heterocycles. The van der Waals surface area contributed by atoms with Gasteiger partial charge in [0, 0.05) is 12.1 Å². The number of hydrogen-bond donors (Lipinski definition) is 2. The molecular formula is C12H14FNO2. The highest BCUT2D eigenvalue weighted by Gasteiger charge is 2.36. The lowest BCUT2D eigenvalue weighted by atomic mass is 10.1. The Labute approximate surface area is 93.3 Å². The molecule has 0 amide bonds. The normalized spacial score (nSPS) is 17.1. The molecule has 0 saturated heterocycles. The molecule has 1 aliphatic rings. The van der Waals surface area contributed by atoms with Crippen LogP contribution in [-0.4, -0.2) is 16.6 Å². The molecule has 0 radical (unpaired) electrons. The standard InChI is InChI=1S/C12H14FNO2/c1-12(4-5-12)14-7-8-2-3-9(11(15)16)10(13)6-8/h2-3,6,14H,4-5,7H2,1H3,(H,15,16). The van der Waals surface area contributed by atoms with Gasteiger partial charge in [-0.15, -0.1) is 0 Å². The zero-order chi connectivity index (χ0) is 11.8. The van der Waals surface area contributed by atoms with E-state index in [1.54, 1.807) is 6.07 Å². The van der Waals surface area contributed by atoms with Gasteiger partial charge in [0.25, 0.3) is 0 Å². The van der Waals surface area contributed by atoms with Crippen molar-refractivity contribution in [2.75, 3.05) is 0 Å². The average molecular weight is 223 g/mol. The quantitative estimate of drug-likeness (QED) is 0.822. The molecule has 0 aliphatic heterocycles. The third-order valence-electron chi connectivity index (χ3n) is 2.98. The SMILES string of the molecule is CC1(NCc2ccc(C(=O)O)c(F)c2)CC1. The van der Waals surface area contributed by atoms with Gasteiger partial charge in [-0.3, -0.25) is 0 Å². The van der Waals surface area contributed by atoms with Crippen molar-refractivity contribution in [2.45, 2.75) is 31.8 Å². The van der Waals surface area contributed by atoms with Crippen LogP contribution in [0.4, 0.5) is 4.39 Å². The van der Waals surface area contributed by atoms with Crippen molar-refractivity contribution in [3.8, 4) is 0 Å². The number of carboxylic acids is 1. The largest absolute Gasteiger partial charge is 0.478 e. The van der Waals surface area contributed by atoms with E-state index >= 15 is 0 Å². The summed E-state index contributed by atoms with van der Waals surface area (Å²) in [5.74, 6) is -1.90. The Bertz CT molecular complexity index is 427. The van der Waals surface area contributed by atoms with Gasteiger partial charge in [0.15, 0.2) is 0 Å². The summed E-state index contributed by atoms with van der Waals surface area (Å²) in [7, 11) is 0. The molecule has 1 aromatic carbocycles. The topological polar surface area (TPSA) is 49.3 Å². The van der Waals surface area contributed by atoms with Crippen molar-refractivity contribution in [1.29, 1.82) is 0 Å². The van der Waals surface area contributed by atoms with Gasteiger partial charge in [0.05, 0.1) is 5.56 Å². The van der Waals surface area contributed by atoms with Gasteiger partial charge in [-0.1, -0.05) is 6.07 Å². The van der Waals surface area contributed by atoms with Crippen LogP contribution in [0, 0.1) is 5.82 Å². The molecule has 2 N–H and O–H groups in total. The van der Waals surface area contributed by atoms with Gasteiger partial charge in [-0.2, -0.15) is 0 Å². The smallest absolute Gasteiger partial charge is 0.338 e. The number of nitrogens with one attached hydrogen (secondary N) is 1. The Morgan fingerprint density at radius 2 is 2.25 bits per heavy atom. The van der Waals surface area contributed by atoms with Gasteiger partial charge in [-0.05, 0) is 37.5 Å². The molecule has 1 fully saturated rings. The maximum atomic E-state index is 13.3. The molecule has 2 rings (SSSR count). The molecular weight excluding hydrogens is 209 g/mol. The Kier molecular flexibility index (Phi) is 2.68. The molecule has 0 heterocycles. The van der Waals surface area contributed by atoms with Crippen LogP contribution in [0.3, 0.4) is 0 Å². The fourth-order valence-corrected chi connectivity index (χ4v) is 1.52. The number of benzene rings is 1. The second kappa shape index (κ2) is 3.87. The van der Waals surface area contributed by atoms with Gasteiger partial charge in [0.2, 0.25) is 0 Å². The van der Waals surface area contributed by atoms with E-state index in [-0.39, 0.29) is 11.1 Å². The first-order valence-electron chi connectivity index (χ1n) is 5.27. The minimum Gasteiger partial charge on any atom is -0.478 e. The Morgan fingerprint density at radius 1 is 1.56 bits per heavy atom. The first-order chi connectivity index (χ1) is 7.50. The predicted molar refractivity (Wildman–Crippen MR) is 57.8 cm³/mol. The molecule has 1 aromatic rings. The van der Waals surface area contributed by atoms with Crippen LogP contribution in [-0.2, 0) is 6.54 Å². The zero-order valence-electron chi connectivity index (χ0n) is 9.09. The Morgan fingerprint density at radius 3 is 2.75 bits per heavy atom. The number of carboxylic acid groups (broad SMARTS) is 1. The minimum atomic E-state index is -1.23. The van der Waals surface area contributed by atoms with Gasteiger partial charge in [0.1, 0.15) is 5.82 Å². The molecule has 86 valence electrons. The summed E-state index contributed by atoms with van der Waals surface area (Å²) in [6, 6.07) is 4.23.